The lowest BCUT2D eigenvalue weighted by molar-refractivity contribution is -0.137. The summed E-state index contributed by atoms with van der Waals surface area (Å²) in [5.41, 5.74) is 0.912. The van der Waals surface area contributed by atoms with Crippen molar-refractivity contribution in [1.29, 1.82) is 0 Å². The fourth-order valence-electron chi connectivity index (χ4n) is 1.88. The van der Waals surface area contributed by atoms with Crippen molar-refractivity contribution in [2.24, 2.45) is 0 Å². The van der Waals surface area contributed by atoms with Crippen molar-refractivity contribution in [3.8, 4) is 0 Å². The first-order valence-electron chi connectivity index (χ1n) is 6.12. The van der Waals surface area contributed by atoms with Gasteiger partial charge < -0.3 is 5.32 Å². The molecule has 0 aliphatic rings. The normalized spacial score (nSPS) is 11.5. The Morgan fingerprint density at radius 2 is 1.81 bits per heavy atom. The van der Waals surface area contributed by atoms with Crippen LogP contribution in [0.15, 0.2) is 40.9 Å². The predicted molar refractivity (Wildman–Crippen MR) is 77.6 cm³/mol. The molecule has 0 fully saturated rings. The fourth-order valence-corrected chi connectivity index (χ4v) is 2.37. The maximum Gasteiger partial charge on any atom is 0.416 e. The first kappa shape index (κ1) is 15.8. The van der Waals surface area contributed by atoms with Gasteiger partial charge >= 0.3 is 6.18 Å². The average Bonchev–Trinajstić information content (AvgIpc) is 2.38. The van der Waals surface area contributed by atoms with Gasteiger partial charge in [0.25, 0.3) is 0 Å². The molecular weight excluding hydrogens is 350 g/mol. The van der Waals surface area contributed by atoms with E-state index in [-0.39, 0.29) is 5.82 Å². The second kappa shape index (κ2) is 6.05. The molecule has 0 radical (unpaired) electrons. The standard InChI is InChI=1S/C15H12BrF4N/c1-9-4-10(2-3-14(9)17)8-21-13-6-11(15(18,19)20)5-12(16)7-13/h2-7,21H,8H2,1H3. The summed E-state index contributed by atoms with van der Waals surface area (Å²) in [5, 5.41) is 2.91. The molecule has 0 heterocycles. The summed E-state index contributed by atoms with van der Waals surface area (Å²) in [6.45, 7) is 1.95. The zero-order valence-corrected chi connectivity index (χ0v) is 12.6. The molecule has 0 aliphatic carbocycles. The molecule has 2 aromatic rings. The highest BCUT2D eigenvalue weighted by Gasteiger charge is 2.31. The van der Waals surface area contributed by atoms with Crippen LogP contribution < -0.4 is 5.32 Å². The lowest BCUT2D eigenvalue weighted by Gasteiger charge is -2.12. The van der Waals surface area contributed by atoms with E-state index in [0.29, 0.717) is 22.3 Å². The van der Waals surface area contributed by atoms with E-state index in [0.717, 1.165) is 17.7 Å². The Kier molecular flexibility index (Phi) is 4.56. The van der Waals surface area contributed by atoms with Crippen molar-refractivity contribution >= 4 is 21.6 Å². The van der Waals surface area contributed by atoms with E-state index in [1.165, 1.54) is 6.07 Å². The van der Waals surface area contributed by atoms with E-state index < -0.39 is 11.7 Å². The quantitative estimate of drug-likeness (QED) is 0.709. The Morgan fingerprint density at radius 1 is 1.10 bits per heavy atom. The Balaban J connectivity index is 2.16. The first-order chi connectivity index (χ1) is 9.75. The van der Waals surface area contributed by atoms with Gasteiger partial charge in [-0.25, -0.2) is 4.39 Å². The SMILES string of the molecule is Cc1cc(CNc2cc(Br)cc(C(F)(F)F)c2)ccc1F. The molecule has 0 saturated carbocycles. The number of anilines is 1. The number of benzene rings is 2. The van der Waals surface area contributed by atoms with Crippen LogP contribution >= 0.6 is 15.9 Å². The summed E-state index contributed by atoms with van der Waals surface area (Å²) >= 11 is 3.06. The molecule has 0 unspecified atom stereocenters. The smallest absolute Gasteiger partial charge is 0.381 e. The van der Waals surface area contributed by atoms with Gasteiger partial charge in [-0.3, -0.25) is 0 Å². The number of rotatable bonds is 3. The van der Waals surface area contributed by atoms with Crippen LogP contribution in [0.3, 0.4) is 0 Å². The average molecular weight is 362 g/mol. The van der Waals surface area contributed by atoms with E-state index in [2.05, 4.69) is 21.2 Å². The van der Waals surface area contributed by atoms with Crippen molar-refractivity contribution in [2.45, 2.75) is 19.6 Å². The molecule has 0 aromatic heterocycles. The molecule has 0 aliphatic heterocycles. The van der Waals surface area contributed by atoms with Gasteiger partial charge in [-0.2, -0.15) is 13.2 Å². The van der Waals surface area contributed by atoms with Gasteiger partial charge in [0.2, 0.25) is 0 Å². The molecule has 0 spiro atoms. The number of nitrogens with one attached hydrogen (secondary N) is 1. The molecule has 0 atom stereocenters. The van der Waals surface area contributed by atoms with Crippen LogP contribution in [0.2, 0.25) is 0 Å². The summed E-state index contributed by atoms with van der Waals surface area (Å²) in [6.07, 6.45) is -4.40. The van der Waals surface area contributed by atoms with Gasteiger partial charge in [-0.05, 0) is 42.3 Å². The zero-order valence-electron chi connectivity index (χ0n) is 11.1. The largest absolute Gasteiger partial charge is 0.416 e. The van der Waals surface area contributed by atoms with E-state index in [1.807, 2.05) is 0 Å². The van der Waals surface area contributed by atoms with Gasteiger partial charge in [0.1, 0.15) is 5.82 Å². The van der Waals surface area contributed by atoms with Crippen LogP contribution in [0.4, 0.5) is 23.2 Å². The molecule has 1 N–H and O–H groups in total. The summed E-state index contributed by atoms with van der Waals surface area (Å²) in [5.74, 6) is -0.305. The second-order valence-corrected chi connectivity index (χ2v) is 5.58. The van der Waals surface area contributed by atoms with Crippen LogP contribution in [0.1, 0.15) is 16.7 Å². The number of hydrogen-bond acceptors (Lipinski definition) is 1. The van der Waals surface area contributed by atoms with E-state index >= 15 is 0 Å². The molecule has 1 nitrogen and oxygen atoms in total. The first-order valence-corrected chi connectivity index (χ1v) is 6.92. The third-order valence-corrected chi connectivity index (χ3v) is 3.40. The summed E-state index contributed by atoms with van der Waals surface area (Å²) in [7, 11) is 0. The van der Waals surface area contributed by atoms with E-state index in [4.69, 9.17) is 0 Å². The van der Waals surface area contributed by atoms with Gasteiger partial charge in [0.15, 0.2) is 0 Å². The maximum atomic E-state index is 13.1. The lowest BCUT2D eigenvalue weighted by Crippen LogP contribution is -2.07. The Bertz CT molecular complexity index is 653. The molecule has 6 heteroatoms. The monoisotopic (exact) mass is 361 g/mol. The second-order valence-electron chi connectivity index (χ2n) is 4.66. The van der Waals surface area contributed by atoms with Crippen LogP contribution in [-0.2, 0) is 12.7 Å². The lowest BCUT2D eigenvalue weighted by atomic mass is 10.1. The Morgan fingerprint density at radius 3 is 2.43 bits per heavy atom. The van der Waals surface area contributed by atoms with Crippen molar-refractivity contribution in [3.05, 3.63) is 63.4 Å². The summed E-state index contributed by atoms with van der Waals surface area (Å²) in [4.78, 5) is 0. The topological polar surface area (TPSA) is 12.0 Å². The molecule has 2 rings (SSSR count). The van der Waals surface area contributed by atoms with Crippen molar-refractivity contribution in [1.82, 2.24) is 0 Å². The summed E-state index contributed by atoms with van der Waals surface area (Å²) in [6, 6.07) is 8.22. The number of halogens is 5. The van der Waals surface area contributed by atoms with Gasteiger partial charge in [0, 0.05) is 16.7 Å². The van der Waals surface area contributed by atoms with Gasteiger partial charge in [-0.1, -0.05) is 28.1 Å². The van der Waals surface area contributed by atoms with Crippen LogP contribution in [0.5, 0.6) is 0 Å². The van der Waals surface area contributed by atoms with Gasteiger partial charge in [0.05, 0.1) is 5.56 Å². The van der Waals surface area contributed by atoms with Crippen LogP contribution in [0.25, 0.3) is 0 Å². The number of aryl methyl sites for hydroxylation is 1. The minimum absolute atomic E-state index is 0.305. The highest BCUT2D eigenvalue weighted by molar-refractivity contribution is 9.10. The zero-order chi connectivity index (χ0) is 15.6. The Labute approximate surface area is 128 Å². The molecular formula is C15H12BrF4N. The van der Waals surface area contributed by atoms with E-state index in [9.17, 15) is 17.6 Å². The van der Waals surface area contributed by atoms with Gasteiger partial charge in [-0.15, -0.1) is 0 Å². The molecule has 2 aromatic carbocycles. The highest BCUT2D eigenvalue weighted by Crippen LogP contribution is 2.33. The fraction of sp³-hybridized carbons (Fsp3) is 0.200. The molecule has 0 bridgehead atoms. The van der Waals surface area contributed by atoms with Crippen LogP contribution in [-0.4, -0.2) is 0 Å². The molecule has 0 amide bonds. The minimum atomic E-state index is -4.40. The van der Waals surface area contributed by atoms with Crippen molar-refractivity contribution in [2.75, 3.05) is 5.32 Å². The maximum absolute atomic E-state index is 13.1. The van der Waals surface area contributed by atoms with Crippen LogP contribution in [0, 0.1) is 12.7 Å². The van der Waals surface area contributed by atoms with E-state index in [1.54, 1.807) is 25.1 Å². The molecule has 0 saturated heterocycles. The highest BCUT2D eigenvalue weighted by atomic mass is 79.9. The third kappa shape index (κ3) is 4.20. The van der Waals surface area contributed by atoms with Crippen molar-refractivity contribution in [3.63, 3.8) is 0 Å². The minimum Gasteiger partial charge on any atom is -0.381 e. The summed E-state index contributed by atoms with van der Waals surface area (Å²) < 4.78 is 51.6. The number of alkyl halides is 3. The third-order valence-electron chi connectivity index (χ3n) is 2.94. The Hall–Kier alpha value is -1.56. The molecule has 112 valence electrons. The molecule has 21 heavy (non-hydrogen) atoms. The number of hydrogen-bond donors (Lipinski definition) is 1. The van der Waals surface area contributed by atoms with Crippen molar-refractivity contribution < 1.29 is 17.6 Å². The predicted octanol–water partition coefficient (Wildman–Crippen LogP) is 5.53.